The Morgan fingerprint density at radius 3 is 2.71 bits per heavy atom. The standard InChI is InChI=1S/C18H15ClN2O2S/c19-17-6-5-16(24-17)15-11-13(12-3-1-2-4-14(12)20-15)18(22)21-7-9-23-10-8-21/h1-6,11H,7-10H2. The van der Waals surface area contributed by atoms with Crippen molar-refractivity contribution in [2.24, 2.45) is 0 Å². The number of hydrogen-bond donors (Lipinski definition) is 0. The average Bonchev–Trinajstić information content (AvgIpc) is 3.07. The van der Waals surface area contributed by atoms with Crippen LogP contribution in [-0.2, 0) is 4.74 Å². The molecule has 0 aliphatic carbocycles. The zero-order chi connectivity index (χ0) is 16.5. The van der Waals surface area contributed by atoms with Crippen molar-refractivity contribution in [3.63, 3.8) is 0 Å². The minimum absolute atomic E-state index is 0.0285. The summed E-state index contributed by atoms with van der Waals surface area (Å²) in [4.78, 5) is 20.5. The van der Waals surface area contributed by atoms with Gasteiger partial charge in [-0.1, -0.05) is 29.8 Å². The van der Waals surface area contributed by atoms with Crippen molar-refractivity contribution in [1.82, 2.24) is 9.88 Å². The van der Waals surface area contributed by atoms with Crippen molar-refractivity contribution in [3.8, 4) is 10.6 Å². The van der Waals surface area contributed by atoms with Crippen LogP contribution in [-0.4, -0.2) is 42.1 Å². The fraction of sp³-hybridized carbons (Fsp3) is 0.222. The zero-order valence-electron chi connectivity index (χ0n) is 12.9. The number of ether oxygens (including phenoxy) is 1. The smallest absolute Gasteiger partial charge is 0.254 e. The molecule has 1 aromatic carbocycles. The molecular formula is C18H15ClN2O2S. The summed E-state index contributed by atoms with van der Waals surface area (Å²) >= 11 is 7.52. The number of aromatic nitrogens is 1. The first-order chi connectivity index (χ1) is 11.7. The largest absolute Gasteiger partial charge is 0.378 e. The molecule has 0 radical (unpaired) electrons. The van der Waals surface area contributed by atoms with E-state index < -0.39 is 0 Å². The maximum atomic E-state index is 13.0. The van der Waals surface area contributed by atoms with Crippen LogP contribution in [0.3, 0.4) is 0 Å². The Hall–Kier alpha value is -1.95. The van der Waals surface area contributed by atoms with Crippen molar-refractivity contribution in [1.29, 1.82) is 0 Å². The van der Waals surface area contributed by atoms with Crippen LogP contribution in [0.5, 0.6) is 0 Å². The van der Waals surface area contributed by atoms with Crippen LogP contribution in [0.15, 0.2) is 42.5 Å². The van der Waals surface area contributed by atoms with Crippen molar-refractivity contribution in [2.75, 3.05) is 26.3 Å². The second-order valence-electron chi connectivity index (χ2n) is 5.58. The predicted molar refractivity (Wildman–Crippen MR) is 96.8 cm³/mol. The Morgan fingerprint density at radius 1 is 1.17 bits per heavy atom. The third kappa shape index (κ3) is 2.90. The number of carbonyl (C=O) groups is 1. The van der Waals surface area contributed by atoms with Crippen molar-refractivity contribution < 1.29 is 9.53 Å². The summed E-state index contributed by atoms with van der Waals surface area (Å²) in [7, 11) is 0. The molecule has 0 unspecified atom stereocenters. The van der Waals surface area contributed by atoms with E-state index in [2.05, 4.69) is 0 Å². The molecule has 0 saturated carbocycles. The Bertz CT molecular complexity index is 903. The number of benzene rings is 1. The van der Waals surface area contributed by atoms with Gasteiger partial charge in [-0.2, -0.15) is 0 Å². The van der Waals surface area contributed by atoms with Gasteiger partial charge in [-0.15, -0.1) is 11.3 Å². The van der Waals surface area contributed by atoms with E-state index in [0.717, 1.165) is 21.5 Å². The minimum atomic E-state index is 0.0285. The van der Waals surface area contributed by atoms with E-state index >= 15 is 0 Å². The van der Waals surface area contributed by atoms with Crippen molar-refractivity contribution >= 4 is 39.7 Å². The zero-order valence-corrected chi connectivity index (χ0v) is 14.4. The van der Waals surface area contributed by atoms with Gasteiger partial charge < -0.3 is 9.64 Å². The van der Waals surface area contributed by atoms with Crippen molar-refractivity contribution in [3.05, 3.63) is 52.4 Å². The molecule has 1 fully saturated rings. The maximum absolute atomic E-state index is 13.0. The SMILES string of the molecule is O=C(c1cc(-c2ccc(Cl)s2)nc2ccccc12)N1CCOCC1. The van der Waals surface area contributed by atoms with Gasteiger partial charge >= 0.3 is 0 Å². The van der Waals surface area contributed by atoms with Gasteiger partial charge in [0.1, 0.15) is 0 Å². The number of amides is 1. The molecule has 0 atom stereocenters. The van der Waals surface area contributed by atoms with E-state index in [0.29, 0.717) is 36.2 Å². The Morgan fingerprint density at radius 2 is 1.96 bits per heavy atom. The molecule has 0 spiro atoms. The number of hydrogen-bond acceptors (Lipinski definition) is 4. The molecule has 3 aromatic rings. The molecule has 6 heteroatoms. The van der Waals surface area contributed by atoms with Crippen molar-refractivity contribution in [2.45, 2.75) is 0 Å². The molecule has 122 valence electrons. The molecule has 1 amide bonds. The molecule has 1 aliphatic rings. The molecular weight excluding hydrogens is 344 g/mol. The average molecular weight is 359 g/mol. The molecule has 2 aromatic heterocycles. The van der Waals surface area contributed by atoms with Crippen LogP contribution >= 0.6 is 22.9 Å². The third-order valence-corrected chi connectivity index (χ3v) is 5.32. The van der Waals surface area contributed by atoms with Crippen LogP contribution in [0, 0.1) is 0 Å². The number of halogens is 1. The predicted octanol–water partition coefficient (Wildman–Crippen LogP) is 4.09. The number of thiophene rings is 1. The molecule has 1 aliphatic heterocycles. The van der Waals surface area contributed by atoms with E-state index in [1.807, 2.05) is 47.4 Å². The number of para-hydroxylation sites is 1. The number of rotatable bonds is 2. The highest BCUT2D eigenvalue weighted by molar-refractivity contribution is 7.19. The molecule has 4 nitrogen and oxygen atoms in total. The van der Waals surface area contributed by atoms with Gasteiger partial charge in [-0.05, 0) is 24.3 Å². The number of nitrogens with zero attached hydrogens (tertiary/aromatic N) is 2. The summed E-state index contributed by atoms with van der Waals surface area (Å²) in [6.45, 7) is 2.41. The number of morpholine rings is 1. The van der Waals surface area contributed by atoms with Gasteiger partial charge in [-0.25, -0.2) is 4.98 Å². The molecule has 0 bridgehead atoms. The lowest BCUT2D eigenvalue weighted by molar-refractivity contribution is 0.0304. The first kappa shape index (κ1) is 15.6. The topological polar surface area (TPSA) is 42.4 Å². The Labute approximate surface area is 148 Å². The summed E-state index contributed by atoms with van der Waals surface area (Å²) in [6, 6.07) is 13.4. The highest BCUT2D eigenvalue weighted by Crippen LogP contribution is 2.32. The second-order valence-corrected chi connectivity index (χ2v) is 7.30. The summed E-state index contributed by atoms with van der Waals surface area (Å²) in [5.74, 6) is 0.0285. The van der Waals surface area contributed by atoms with Gasteiger partial charge in [0, 0.05) is 18.5 Å². The summed E-state index contributed by atoms with van der Waals surface area (Å²) in [5, 5.41) is 0.875. The summed E-state index contributed by atoms with van der Waals surface area (Å²) in [6.07, 6.45) is 0. The number of pyridine rings is 1. The molecule has 24 heavy (non-hydrogen) atoms. The molecule has 1 saturated heterocycles. The van der Waals surface area contributed by atoms with Gasteiger partial charge in [-0.3, -0.25) is 4.79 Å². The Kier molecular flexibility index (Phi) is 4.22. The molecule has 3 heterocycles. The fourth-order valence-electron chi connectivity index (χ4n) is 2.87. The van der Waals surface area contributed by atoms with Crippen LogP contribution in [0.25, 0.3) is 21.5 Å². The van der Waals surface area contributed by atoms with E-state index in [4.69, 9.17) is 21.3 Å². The van der Waals surface area contributed by atoms with Crippen LogP contribution in [0.2, 0.25) is 4.34 Å². The van der Waals surface area contributed by atoms with E-state index in [1.165, 1.54) is 11.3 Å². The van der Waals surface area contributed by atoms with Gasteiger partial charge in [0.25, 0.3) is 5.91 Å². The van der Waals surface area contributed by atoms with E-state index in [-0.39, 0.29) is 5.91 Å². The van der Waals surface area contributed by atoms with E-state index in [1.54, 1.807) is 0 Å². The van der Waals surface area contributed by atoms with E-state index in [9.17, 15) is 4.79 Å². The lowest BCUT2D eigenvalue weighted by Gasteiger charge is -2.27. The van der Waals surface area contributed by atoms with Gasteiger partial charge in [0.05, 0.1) is 39.2 Å². The summed E-state index contributed by atoms with van der Waals surface area (Å²) in [5.41, 5.74) is 2.28. The van der Waals surface area contributed by atoms with Gasteiger partial charge in [0.2, 0.25) is 0 Å². The number of fused-ring (bicyclic) bond motifs is 1. The molecule has 4 rings (SSSR count). The first-order valence-corrected chi connectivity index (χ1v) is 8.94. The van der Waals surface area contributed by atoms with Crippen LogP contribution in [0.4, 0.5) is 0 Å². The summed E-state index contributed by atoms with van der Waals surface area (Å²) < 4.78 is 6.06. The van der Waals surface area contributed by atoms with Crippen LogP contribution in [0.1, 0.15) is 10.4 Å². The quantitative estimate of drug-likeness (QED) is 0.693. The molecule has 0 N–H and O–H groups in total. The number of carbonyl (C=O) groups excluding carboxylic acids is 1. The highest BCUT2D eigenvalue weighted by atomic mass is 35.5. The first-order valence-electron chi connectivity index (χ1n) is 7.75. The maximum Gasteiger partial charge on any atom is 0.254 e. The fourth-order valence-corrected chi connectivity index (χ4v) is 3.87. The minimum Gasteiger partial charge on any atom is -0.378 e. The van der Waals surface area contributed by atoms with Crippen LogP contribution < -0.4 is 0 Å². The monoisotopic (exact) mass is 358 g/mol. The lowest BCUT2D eigenvalue weighted by Crippen LogP contribution is -2.40. The highest BCUT2D eigenvalue weighted by Gasteiger charge is 2.22. The third-order valence-electron chi connectivity index (χ3n) is 4.07. The lowest BCUT2D eigenvalue weighted by atomic mass is 10.1. The second kappa shape index (κ2) is 6.51. The van der Waals surface area contributed by atoms with Gasteiger partial charge in [0.15, 0.2) is 0 Å². The normalized spacial score (nSPS) is 15.0. The Balaban J connectivity index is 1.84.